The number of hydrogen-bond acceptors (Lipinski definition) is 5. The van der Waals surface area contributed by atoms with E-state index in [1.165, 1.54) is 11.3 Å². The van der Waals surface area contributed by atoms with Crippen LogP contribution in [-0.4, -0.2) is 27.3 Å². The number of carbonyl (C=O) groups is 2. The number of anilines is 1. The highest BCUT2D eigenvalue weighted by molar-refractivity contribution is 7.14. The third kappa shape index (κ3) is 3.67. The summed E-state index contributed by atoms with van der Waals surface area (Å²) in [6.07, 6.45) is 4.55. The lowest BCUT2D eigenvalue weighted by Crippen LogP contribution is -2.24. The first-order valence-corrected chi connectivity index (χ1v) is 8.73. The number of hydrogen-bond donors (Lipinski definition) is 1. The normalized spacial score (nSPS) is 19.8. The number of aromatic nitrogens is 2. The maximum absolute atomic E-state index is 12.4. The molecule has 2 heterocycles. The first-order valence-electron chi connectivity index (χ1n) is 7.85. The Morgan fingerprint density at radius 2 is 2.17 bits per heavy atom. The molecule has 1 aliphatic rings. The van der Waals surface area contributed by atoms with Gasteiger partial charge >= 0.3 is 5.97 Å². The number of esters is 1. The fourth-order valence-electron chi connectivity index (χ4n) is 2.59. The zero-order valence-electron chi connectivity index (χ0n) is 14.2. The van der Waals surface area contributed by atoms with Crippen molar-refractivity contribution in [2.75, 3.05) is 5.32 Å². The molecular weight excluding hydrogens is 326 g/mol. The maximum Gasteiger partial charge on any atom is 0.341 e. The molecule has 0 bridgehead atoms. The summed E-state index contributed by atoms with van der Waals surface area (Å²) in [7, 11) is 1.86. The van der Waals surface area contributed by atoms with Crippen LogP contribution in [0.3, 0.4) is 0 Å². The van der Waals surface area contributed by atoms with E-state index in [0.717, 1.165) is 12.0 Å². The number of nitrogens with one attached hydrogen (secondary N) is 1. The highest BCUT2D eigenvalue weighted by atomic mass is 32.1. The molecule has 0 spiro atoms. The predicted molar refractivity (Wildman–Crippen MR) is 92.2 cm³/mol. The van der Waals surface area contributed by atoms with Gasteiger partial charge in [0.2, 0.25) is 5.91 Å². The molecule has 2 atom stereocenters. The molecule has 0 saturated heterocycles. The van der Waals surface area contributed by atoms with Crippen LogP contribution in [0.1, 0.15) is 49.0 Å². The van der Waals surface area contributed by atoms with Gasteiger partial charge in [-0.3, -0.25) is 9.48 Å². The van der Waals surface area contributed by atoms with E-state index in [4.69, 9.17) is 4.74 Å². The summed E-state index contributed by atoms with van der Waals surface area (Å²) < 4.78 is 7.12. The van der Waals surface area contributed by atoms with Crippen molar-refractivity contribution in [2.45, 2.75) is 38.7 Å². The molecule has 0 aromatic carbocycles. The number of amides is 1. The van der Waals surface area contributed by atoms with E-state index in [9.17, 15) is 9.59 Å². The van der Waals surface area contributed by atoms with E-state index < -0.39 is 11.6 Å². The standard InChI is InChI=1S/C17H21N3O3S/c1-17(2,3)23-16(22)11-5-6-24-15(11)19-14(21)13-7-12(13)10-8-18-20(4)9-10/h5-6,8-9,12-13H,7H2,1-4H3,(H,19,21)/t12-,13+/m0/s1. The maximum atomic E-state index is 12.4. The summed E-state index contributed by atoms with van der Waals surface area (Å²) >= 11 is 1.33. The minimum atomic E-state index is -0.567. The molecule has 3 rings (SSSR count). The Bertz CT molecular complexity index is 772. The SMILES string of the molecule is Cn1cc([C@@H]2C[C@H]2C(=O)Nc2sccc2C(=O)OC(C)(C)C)cn1. The second-order valence-electron chi connectivity index (χ2n) is 7.05. The fourth-order valence-corrected chi connectivity index (χ4v) is 3.37. The Hall–Kier alpha value is -2.15. The van der Waals surface area contributed by atoms with Crippen LogP contribution in [-0.2, 0) is 16.6 Å². The van der Waals surface area contributed by atoms with Crippen molar-refractivity contribution in [2.24, 2.45) is 13.0 Å². The van der Waals surface area contributed by atoms with Crippen LogP contribution in [0.15, 0.2) is 23.8 Å². The van der Waals surface area contributed by atoms with Gasteiger partial charge < -0.3 is 10.1 Å². The summed E-state index contributed by atoms with van der Waals surface area (Å²) in [4.78, 5) is 24.7. The molecule has 24 heavy (non-hydrogen) atoms. The van der Waals surface area contributed by atoms with Crippen LogP contribution < -0.4 is 5.32 Å². The number of rotatable bonds is 4. The summed E-state index contributed by atoms with van der Waals surface area (Å²) in [5.41, 5.74) is 0.917. The lowest BCUT2D eigenvalue weighted by atomic mass is 10.2. The highest BCUT2D eigenvalue weighted by Gasteiger charge is 2.45. The average molecular weight is 347 g/mol. The highest BCUT2D eigenvalue weighted by Crippen LogP contribution is 2.48. The molecule has 0 aliphatic heterocycles. The van der Waals surface area contributed by atoms with Crippen LogP contribution in [0.25, 0.3) is 0 Å². The second kappa shape index (κ2) is 6.05. The van der Waals surface area contributed by atoms with Gasteiger partial charge in [0.1, 0.15) is 10.6 Å². The first kappa shape index (κ1) is 16.7. The van der Waals surface area contributed by atoms with Crippen molar-refractivity contribution >= 4 is 28.2 Å². The van der Waals surface area contributed by atoms with Crippen molar-refractivity contribution < 1.29 is 14.3 Å². The molecule has 0 radical (unpaired) electrons. The Morgan fingerprint density at radius 1 is 1.42 bits per heavy atom. The topological polar surface area (TPSA) is 73.2 Å². The van der Waals surface area contributed by atoms with Crippen LogP contribution in [0, 0.1) is 5.92 Å². The van der Waals surface area contributed by atoms with Gasteiger partial charge in [-0.15, -0.1) is 11.3 Å². The predicted octanol–water partition coefficient (Wildman–Crippen LogP) is 3.18. The smallest absolute Gasteiger partial charge is 0.341 e. The number of ether oxygens (including phenoxy) is 1. The molecule has 2 aromatic heterocycles. The molecule has 1 saturated carbocycles. The van der Waals surface area contributed by atoms with Crippen LogP contribution in [0.4, 0.5) is 5.00 Å². The minimum absolute atomic E-state index is 0.0592. The summed E-state index contributed by atoms with van der Waals surface area (Å²) in [6.45, 7) is 5.45. The average Bonchev–Trinajstić information content (AvgIpc) is 2.93. The fraction of sp³-hybridized carbons (Fsp3) is 0.471. The molecule has 6 nitrogen and oxygen atoms in total. The van der Waals surface area contributed by atoms with Crippen molar-refractivity contribution in [1.82, 2.24) is 9.78 Å². The van der Waals surface area contributed by atoms with Gasteiger partial charge in [0, 0.05) is 19.2 Å². The van der Waals surface area contributed by atoms with Crippen molar-refractivity contribution in [3.63, 3.8) is 0 Å². The van der Waals surface area contributed by atoms with E-state index in [1.807, 2.05) is 34.0 Å². The third-order valence-corrected chi connectivity index (χ3v) is 4.63. The zero-order valence-corrected chi connectivity index (χ0v) is 15.0. The quantitative estimate of drug-likeness (QED) is 0.862. The molecule has 1 N–H and O–H groups in total. The van der Waals surface area contributed by atoms with Crippen molar-refractivity contribution in [1.29, 1.82) is 0 Å². The van der Waals surface area contributed by atoms with E-state index in [-0.39, 0.29) is 17.7 Å². The zero-order chi connectivity index (χ0) is 17.5. The van der Waals surface area contributed by atoms with Gasteiger partial charge in [-0.05, 0) is 50.1 Å². The number of aryl methyl sites for hydroxylation is 1. The molecular formula is C17H21N3O3S. The van der Waals surface area contributed by atoms with Crippen LogP contribution in [0.2, 0.25) is 0 Å². The van der Waals surface area contributed by atoms with Gasteiger partial charge in [-0.1, -0.05) is 0 Å². The van der Waals surface area contributed by atoms with Crippen molar-refractivity contribution in [3.05, 3.63) is 35.0 Å². The van der Waals surface area contributed by atoms with Gasteiger partial charge in [0.25, 0.3) is 0 Å². The summed E-state index contributed by atoms with van der Waals surface area (Å²) in [5.74, 6) is -0.332. The molecule has 128 valence electrons. The number of carbonyl (C=O) groups excluding carboxylic acids is 2. The minimum Gasteiger partial charge on any atom is -0.456 e. The Morgan fingerprint density at radius 3 is 2.79 bits per heavy atom. The Labute approximate surface area is 144 Å². The summed E-state index contributed by atoms with van der Waals surface area (Å²) in [6, 6.07) is 1.68. The van der Waals surface area contributed by atoms with Gasteiger partial charge in [0.15, 0.2) is 0 Å². The molecule has 1 aliphatic carbocycles. The van der Waals surface area contributed by atoms with Crippen molar-refractivity contribution in [3.8, 4) is 0 Å². The van der Waals surface area contributed by atoms with Crippen LogP contribution >= 0.6 is 11.3 Å². The van der Waals surface area contributed by atoms with E-state index >= 15 is 0 Å². The lowest BCUT2D eigenvalue weighted by molar-refractivity contribution is -0.117. The monoisotopic (exact) mass is 347 g/mol. The third-order valence-electron chi connectivity index (χ3n) is 3.80. The molecule has 7 heteroatoms. The number of nitrogens with zero attached hydrogens (tertiary/aromatic N) is 2. The van der Waals surface area contributed by atoms with E-state index in [1.54, 1.807) is 22.3 Å². The van der Waals surface area contributed by atoms with E-state index in [2.05, 4.69) is 10.4 Å². The molecule has 0 unspecified atom stereocenters. The lowest BCUT2D eigenvalue weighted by Gasteiger charge is -2.19. The molecule has 1 fully saturated rings. The van der Waals surface area contributed by atoms with E-state index in [0.29, 0.717) is 10.6 Å². The van der Waals surface area contributed by atoms with Gasteiger partial charge in [-0.25, -0.2) is 4.79 Å². The number of thiophene rings is 1. The molecule has 2 aromatic rings. The first-order chi connectivity index (χ1) is 11.2. The van der Waals surface area contributed by atoms with Crippen LogP contribution in [0.5, 0.6) is 0 Å². The molecule has 1 amide bonds. The Balaban J connectivity index is 1.64. The second-order valence-corrected chi connectivity index (χ2v) is 7.97. The summed E-state index contributed by atoms with van der Waals surface area (Å²) in [5, 5.41) is 9.35. The Kier molecular flexibility index (Phi) is 4.21. The largest absolute Gasteiger partial charge is 0.456 e. The van der Waals surface area contributed by atoms with Gasteiger partial charge in [0.05, 0.1) is 11.8 Å². The van der Waals surface area contributed by atoms with Gasteiger partial charge in [-0.2, -0.15) is 5.10 Å².